The van der Waals surface area contributed by atoms with Crippen LogP contribution in [0.1, 0.15) is 34.5 Å². The van der Waals surface area contributed by atoms with Gasteiger partial charge < -0.3 is 14.8 Å². The molecule has 2 aromatic carbocycles. The number of nitrogens with one attached hydrogen (secondary N) is 1. The molecule has 1 atom stereocenters. The lowest BCUT2D eigenvalue weighted by atomic mass is 10.1. The van der Waals surface area contributed by atoms with Crippen molar-refractivity contribution in [2.45, 2.75) is 19.9 Å². The van der Waals surface area contributed by atoms with Crippen LogP contribution in [0.5, 0.6) is 5.75 Å². The topological polar surface area (TPSA) is 64.6 Å². The van der Waals surface area contributed by atoms with Crippen LogP contribution in [0, 0.1) is 6.92 Å². The molecule has 24 heavy (non-hydrogen) atoms. The Hall–Kier alpha value is -2.82. The van der Waals surface area contributed by atoms with Crippen LogP contribution in [0.15, 0.2) is 48.5 Å². The molecule has 0 aliphatic heterocycles. The maximum Gasteiger partial charge on any atom is 0.338 e. The number of methoxy groups -OCH3 is 1. The van der Waals surface area contributed by atoms with Crippen LogP contribution < -0.4 is 10.1 Å². The van der Waals surface area contributed by atoms with Gasteiger partial charge in [-0.1, -0.05) is 29.8 Å². The van der Waals surface area contributed by atoms with Crippen molar-refractivity contribution in [2.24, 2.45) is 0 Å². The molecule has 5 nitrogen and oxygen atoms in total. The highest BCUT2D eigenvalue weighted by atomic mass is 16.5. The molecule has 126 valence electrons. The van der Waals surface area contributed by atoms with Gasteiger partial charge in [0.1, 0.15) is 5.75 Å². The van der Waals surface area contributed by atoms with E-state index in [0.29, 0.717) is 5.56 Å². The summed E-state index contributed by atoms with van der Waals surface area (Å²) in [6, 6.07) is 14.2. The predicted molar refractivity (Wildman–Crippen MR) is 91.0 cm³/mol. The molecular formula is C19H21NO4. The minimum absolute atomic E-state index is 0.217. The number of aryl methyl sites for hydroxylation is 1. The second kappa shape index (κ2) is 8.15. The lowest BCUT2D eigenvalue weighted by Gasteiger charge is -2.15. The quantitative estimate of drug-likeness (QED) is 0.828. The largest absolute Gasteiger partial charge is 0.497 e. The number of hydrogen-bond donors (Lipinski definition) is 1. The summed E-state index contributed by atoms with van der Waals surface area (Å²) in [5.74, 6) is -0.149. The molecule has 0 spiro atoms. The number of carbonyl (C=O) groups excluding carboxylic acids is 2. The first-order chi connectivity index (χ1) is 11.5. The fourth-order valence-electron chi connectivity index (χ4n) is 2.18. The molecule has 1 N–H and O–H groups in total. The molecule has 2 rings (SSSR count). The monoisotopic (exact) mass is 327 g/mol. The van der Waals surface area contributed by atoms with Crippen LogP contribution >= 0.6 is 0 Å². The van der Waals surface area contributed by atoms with E-state index in [1.807, 2.05) is 50.2 Å². The molecule has 0 fully saturated rings. The summed E-state index contributed by atoms with van der Waals surface area (Å²) in [5, 5.41) is 2.79. The smallest absolute Gasteiger partial charge is 0.338 e. The van der Waals surface area contributed by atoms with Gasteiger partial charge in [0.05, 0.1) is 18.7 Å². The molecule has 0 aromatic heterocycles. The first-order valence-electron chi connectivity index (χ1n) is 7.66. The Bertz CT molecular complexity index is 710. The molecule has 0 unspecified atom stereocenters. The van der Waals surface area contributed by atoms with Gasteiger partial charge in [0.2, 0.25) is 0 Å². The summed E-state index contributed by atoms with van der Waals surface area (Å²) in [6.07, 6.45) is 0. The molecule has 0 aliphatic rings. The predicted octanol–water partition coefficient (Wildman–Crippen LogP) is 3.04. The first-order valence-corrected chi connectivity index (χ1v) is 7.66. The van der Waals surface area contributed by atoms with Gasteiger partial charge in [-0.2, -0.15) is 0 Å². The van der Waals surface area contributed by atoms with E-state index in [1.165, 1.54) is 0 Å². The number of amides is 1. The highest BCUT2D eigenvalue weighted by molar-refractivity contribution is 5.91. The van der Waals surface area contributed by atoms with E-state index in [-0.39, 0.29) is 18.6 Å². The van der Waals surface area contributed by atoms with Crippen LogP contribution in [0.2, 0.25) is 0 Å². The second-order valence-corrected chi connectivity index (χ2v) is 5.51. The lowest BCUT2D eigenvalue weighted by Crippen LogP contribution is -2.31. The van der Waals surface area contributed by atoms with Gasteiger partial charge in [-0.25, -0.2) is 4.79 Å². The van der Waals surface area contributed by atoms with Crippen LogP contribution in [-0.2, 0) is 9.53 Å². The number of hydrogen-bond acceptors (Lipinski definition) is 4. The molecule has 0 saturated heterocycles. The van der Waals surface area contributed by atoms with Crippen LogP contribution in [-0.4, -0.2) is 25.6 Å². The van der Waals surface area contributed by atoms with Crippen molar-refractivity contribution in [3.63, 3.8) is 0 Å². The van der Waals surface area contributed by atoms with Crippen LogP contribution in [0.3, 0.4) is 0 Å². The van der Waals surface area contributed by atoms with Gasteiger partial charge in [-0.3, -0.25) is 4.79 Å². The van der Waals surface area contributed by atoms with Gasteiger partial charge in [0, 0.05) is 0 Å². The molecule has 0 radical (unpaired) electrons. The van der Waals surface area contributed by atoms with Crippen LogP contribution in [0.25, 0.3) is 0 Å². The molecule has 0 bridgehead atoms. The van der Waals surface area contributed by atoms with E-state index in [2.05, 4.69) is 5.32 Å². The molecule has 0 aliphatic carbocycles. The summed E-state index contributed by atoms with van der Waals surface area (Å²) in [4.78, 5) is 23.8. The molecular weight excluding hydrogens is 306 g/mol. The summed E-state index contributed by atoms with van der Waals surface area (Å²) >= 11 is 0. The highest BCUT2D eigenvalue weighted by Gasteiger charge is 2.13. The maximum atomic E-state index is 12.0. The van der Waals surface area contributed by atoms with E-state index in [1.54, 1.807) is 19.2 Å². The highest BCUT2D eigenvalue weighted by Crippen LogP contribution is 2.18. The Morgan fingerprint density at radius 1 is 1.12 bits per heavy atom. The van der Waals surface area contributed by atoms with Gasteiger partial charge in [-0.15, -0.1) is 0 Å². The minimum Gasteiger partial charge on any atom is -0.497 e. The van der Waals surface area contributed by atoms with Crippen molar-refractivity contribution < 1.29 is 19.1 Å². The average Bonchev–Trinajstić information content (AvgIpc) is 2.60. The molecule has 1 amide bonds. The Balaban J connectivity index is 1.86. The summed E-state index contributed by atoms with van der Waals surface area (Å²) < 4.78 is 10.2. The van der Waals surface area contributed by atoms with E-state index in [9.17, 15) is 9.59 Å². The number of carbonyl (C=O) groups is 2. The van der Waals surface area contributed by atoms with E-state index in [0.717, 1.165) is 16.9 Å². The van der Waals surface area contributed by atoms with Gasteiger partial charge in [0.25, 0.3) is 5.91 Å². The normalized spacial score (nSPS) is 11.5. The third kappa shape index (κ3) is 4.84. The third-order valence-electron chi connectivity index (χ3n) is 3.59. The van der Waals surface area contributed by atoms with E-state index < -0.39 is 5.97 Å². The minimum atomic E-state index is -0.515. The zero-order valence-corrected chi connectivity index (χ0v) is 14.0. The number of benzene rings is 2. The molecule has 0 saturated carbocycles. The second-order valence-electron chi connectivity index (χ2n) is 5.51. The average molecular weight is 327 g/mol. The van der Waals surface area contributed by atoms with E-state index >= 15 is 0 Å². The first kappa shape index (κ1) is 17.5. The Kier molecular flexibility index (Phi) is 5.95. The fraction of sp³-hybridized carbons (Fsp3) is 0.263. The van der Waals surface area contributed by atoms with Crippen molar-refractivity contribution in [1.82, 2.24) is 5.32 Å². The molecule has 2 aromatic rings. The van der Waals surface area contributed by atoms with Crippen molar-refractivity contribution in [3.8, 4) is 5.75 Å². The summed E-state index contributed by atoms with van der Waals surface area (Å²) in [6.45, 7) is 3.47. The van der Waals surface area contributed by atoms with E-state index in [4.69, 9.17) is 9.47 Å². The standard InChI is InChI=1S/C19H21NO4/c1-13-7-9-15(10-8-13)19(22)24-12-18(21)20-14(2)16-5-4-6-17(11-16)23-3/h4-11,14H,12H2,1-3H3,(H,20,21)/t14-/m1/s1. The lowest BCUT2D eigenvalue weighted by molar-refractivity contribution is -0.124. The zero-order chi connectivity index (χ0) is 17.5. The van der Waals surface area contributed by atoms with Crippen molar-refractivity contribution in [1.29, 1.82) is 0 Å². The molecule has 5 heteroatoms. The Morgan fingerprint density at radius 2 is 1.83 bits per heavy atom. The summed E-state index contributed by atoms with van der Waals surface area (Å²) in [7, 11) is 1.59. The van der Waals surface area contributed by atoms with Gasteiger partial charge >= 0.3 is 5.97 Å². The number of rotatable bonds is 6. The van der Waals surface area contributed by atoms with Crippen molar-refractivity contribution in [3.05, 3.63) is 65.2 Å². The molecule has 0 heterocycles. The summed E-state index contributed by atoms with van der Waals surface area (Å²) in [5.41, 5.74) is 2.39. The van der Waals surface area contributed by atoms with Crippen molar-refractivity contribution >= 4 is 11.9 Å². The van der Waals surface area contributed by atoms with Crippen molar-refractivity contribution in [2.75, 3.05) is 13.7 Å². The fourth-order valence-corrected chi connectivity index (χ4v) is 2.18. The number of ether oxygens (including phenoxy) is 2. The maximum absolute atomic E-state index is 12.0. The van der Waals surface area contributed by atoms with Crippen LogP contribution in [0.4, 0.5) is 0 Å². The van der Waals surface area contributed by atoms with Gasteiger partial charge in [-0.05, 0) is 43.7 Å². The Morgan fingerprint density at radius 3 is 2.50 bits per heavy atom. The third-order valence-corrected chi connectivity index (χ3v) is 3.59. The SMILES string of the molecule is COc1cccc([C@@H](C)NC(=O)COC(=O)c2ccc(C)cc2)c1. The Labute approximate surface area is 141 Å². The van der Waals surface area contributed by atoms with Gasteiger partial charge in [0.15, 0.2) is 6.61 Å². The number of esters is 1. The zero-order valence-electron chi connectivity index (χ0n) is 14.0.